The van der Waals surface area contributed by atoms with Crippen molar-refractivity contribution in [1.29, 1.82) is 0 Å². The number of amides is 1. The first-order valence-corrected chi connectivity index (χ1v) is 4.46. The molecule has 1 aromatic rings. The first kappa shape index (κ1) is 12.3. The fourth-order valence-corrected chi connectivity index (χ4v) is 1.20. The Bertz CT molecular complexity index is 424. The third-order valence-corrected chi connectivity index (χ3v) is 2.00. The summed E-state index contributed by atoms with van der Waals surface area (Å²) in [6.45, 7) is 4.57. The molecule has 0 saturated carbocycles. The predicted octanol–water partition coefficient (Wildman–Crippen LogP) is 3.14. The van der Waals surface area contributed by atoms with Gasteiger partial charge in [-0.3, -0.25) is 4.79 Å². The number of carbonyl (C=O) groups excluding carboxylic acids is 1. The number of halogens is 3. The Labute approximate surface area is 90.8 Å². The number of anilines is 1. The summed E-state index contributed by atoms with van der Waals surface area (Å²) < 4.78 is 37.5. The average Bonchev–Trinajstić information content (AvgIpc) is 2.19. The average molecular weight is 229 g/mol. The van der Waals surface area contributed by atoms with Gasteiger partial charge in [-0.25, -0.2) is 0 Å². The second kappa shape index (κ2) is 4.38. The lowest BCUT2D eigenvalue weighted by Gasteiger charge is -2.12. The first-order valence-electron chi connectivity index (χ1n) is 4.46. The zero-order chi connectivity index (χ0) is 12.3. The summed E-state index contributed by atoms with van der Waals surface area (Å²) in [7, 11) is 0. The summed E-state index contributed by atoms with van der Waals surface area (Å²) in [6.07, 6.45) is -3.42. The van der Waals surface area contributed by atoms with Gasteiger partial charge in [-0.05, 0) is 30.7 Å². The summed E-state index contributed by atoms with van der Waals surface area (Å²) in [4.78, 5) is 10.9. The molecule has 0 aliphatic rings. The largest absolute Gasteiger partial charge is 0.416 e. The molecule has 5 heteroatoms. The van der Waals surface area contributed by atoms with Gasteiger partial charge in [0.25, 0.3) is 0 Å². The Morgan fingerprint density at radius 1 is 1.44 bits per heavy atom. The highest BCUT2D eigenvalue weighted by molar-refractivity contribution is 5.98. The van der Waals surface area contributed by atoms with Crippen molar-refractivity contribution >= 4 is 11.6 Å². The van der Waals surface area contributed by atoms with Crippen molar-refractivity contribution in [2.24, 2.45) is 0 Å². The molecule has 86 valence electrons. The summed E-state index contributed by atoms with van der Waals surface area (Å²) in [5.41, 5.74) is -0.540. The number of hydrogen-bond donors (Lipinski definition) is 1. The molecular weight excluding hydrogens is 219 g/mol. The van der Waals surface area contributed by atoms with E-state index in [1.54, 1.807) is 0 Å². The Morgan fingerprint density at radius 2 is 2.06 bits per heavy atom. The van der Waals surface area contributed by atoms with E-state index in [-0.39, 0.29) is 11.3 Å². The maximum atomic E-state index is 12.5. The van der Waals surface area contributed by atoms with E-state index >= 15 is 0 Å². The molecular formula is C11H10F3NO. The van der Waals surface area contributed by atoms with E-state index in [1.165, 1.54) is 19.1 Å². The summed E-state index contributed by atoms with van der Waals surface area (Å²) in [6, 6.07) is 3.62. The van der Waals surface area contributed by atoms with Crippen LogP contribution < -0.4 is 5.32 Å². The van der Waals surface area contributed by atoms with Crippen LogP contribution in [0.5, 0.6) is 0 Å². The zero-order valence-corrected chi connectivity index (χ0v) is 8.56. The molecule has 16 heavy (non-hydrogen) atoms. The smallest absolute Gasteiger partial charge is 0.323 e. The lowest BCUT2D eigenvalue weighted by Crippen LogP contribution is -2.11. The van der Waals surface area contributed by atoms with E-state index in [1.807, 2.05) is 0 Å². The van der Waals surface area contributed by atoms with Crippen LogP contribution in [0, 0.1) is 6.92 Å². The lowest BCUT2D eigenvalue weighted by atomic mass is 10.1. The minimum atomic E-state index is -4.42. The van der Waals surface area contributed by atoms with E-state index in [4.69, 9.17) is 0 Å². The van der Waals surface area contributed by atoms with Crippen LogP contribution in [0.3, 0.4) is 0 Å². The van der Waals surface area contributed by atoms with Crippen molar-refractivity contribution < 1.29 is 18.0 Å². The predicted molar refractivity (Wildman–Crippen MR) is 55.0 cm³/mol. The third kappa shape index (κ3) is 2.85. The number of rotatable bonds is 2. The van der Waals surface area contributed by atoms with E-state index < -0.39 is 17.6 Å². The van der Waals surface area contributed by atoms with Gasteiger partial charge in [0.15, 0.2) is 0 Å². The van der Waals surface area contributed by atoms with Crippen LogP contribution in [0.4, 0.5) is 18.9 Å². The van der Waals surface area contributed by atoms with E-state index in [0.29, 0.717) is 0 Å². The second-order valence-corrected chi connectivity index (χ2v) is 3.22. The molecule has 0 atom stereocenters. The molecule has 0 spiro atoms. The SMILES string of the molecule is C=CC(=O)Nc1ccc(C)c(C(F)(F)F)c1. The van der Waals surface area contributed by atoms with Gasteiger partial charge in [0.05, 0.1) is 5.56 Å². The molecule has 0 unspecified atom stereocenters. The number of carbonyl (C=O) groups is 1. The normalized spacial score (nSPS) is 11.0. The maximum absolute atomic E-state index is 12.5. The molecule has 0 aromatic heterocycles. The van der Waals surface area contributed by atoms with Gasteiger partial charge < -0.3 is 5.32 Å². The quantitative estimate of drug-likeness (QED) is 0.775. The lowest BCUT2D eigenvalue weighted by molar-refractivity contribution is -0.138. The molecule has 0 heterocycles. The molecule has 0 bridgehead atoms. The highest BCUT2D eigenvalue weighted by Gasteiger charge is 2.32. The van der Waals surface area contributed by atoms with Crippen molar-refractivity contribution in [3.63, 3.8) is 0 Å². The number of nitrogens with one attached hydrogen (secondary N) is 1. The van der Waals surface area contributed by atoms with Crippen LogP contribution in [0.25, 0.3) is 0 Å². The van der Waals surface area contributed by atoms with E-state index in [2.05, 4.69) is 11.9 Å². The monoisotopic (exact) mass is 229 g/mol. The summed E-state index contributed by atoms with van der Waals surface area (Å²) >= 11 is 0. The number of aryl methyl sites for hydroxylation is 1. The molecule has 1 amide bonds. The summed E-state index contributed by atoms with van der Waals surface area (Å²) in [5.74, 6) is -0.544. The third-order valence-electron chi connectivity index (χ3n) is 2.00. The molecule has 0 aliphatic heterocycles. The van der Waals surface area contributed by atoms with Crippen LogP contribution in [0.1, 0.15) is 11.1 Å². The maximum Gasteiger partial charge on any atom is 0.416 e. The van der Waals surface area contributed by atoms with Gasteiger partial charge in [-0.1, -0.05) is 12.6 Å². The Hall–Kier alpha value is -1.78. The van der Waals surface area contributed by atoms with Crippen LogP contribution in [-0.2, 0) is 11.0 Å². The fourth-order valence-electron chi connectivity index (χ4n) is 1.20. The van der Waals surface area contributed by atoms with Gasteiger partial charge in [0, 0.05) is 5.69 Å². The van der Waals surface area contributed by atoms with Gasteiger partial charge >= 0.3 is 6.18 Å². The number of benzene rings is 1. The number of hydrogen-bond acceptors (Lipinski definition) is 1. The first-order chi connectivity index (χ1) is 7.34. The van der Waals surface area contributed by atoms with Crippen LogP contribution >= 0.6 is 0 Å². The molecule has 1 rings (SSSR count). The van der Waals surface area contributed by atoms with Gasteiger partial charge in [-0.2, -0.15) is 13.2 Å². The van der Waals surface area contributed by atoms with Crippen molar-refractivity contribution in [2.45, 2.75) is 13.1 Å². The zero-order valence-electron chi connectivity index (χ0n) is 8.56. The number of alkyl halides is 3. The molecule has 0 aliphatic carbocycles. The van der Waals surface area contributed by atoms with Crippen LogP contribution in [0.2, 0.25) is 0 Å². The second-order valence-electron chi connectivity index (χ2n) is 3.22. The highest BCUT2D eigenvalue weighted by Crippen LogP contribution is 2.33. The molecule has 1 aromatic carbocycles. The minimum Gasteiger partial charge on any atom is -0.323 e. The van der Waals surface area contributed by atoms with Crippen LogP contribution in [-0.4, -0.2) is 5.91 Å². The van der Waals surface area contributed by atoms with Crippen LogP contribution in [0.15, 0.2) is 30.9 Å². The Morgan fingerprint density at radius 3 is 2.56 bits per heavy atom. The highest BCUT2D eigenvalue weighted by atomic mass is 19.4. The molecule has 2 nitrogen and oxygen atoms in total. The Kier molecular flexibility index (Phi) is 3.37. The fraction of sp³-hybridized carbons (Fsp3) is 0.182. The van der Waals surface area contributed by atoms with Gasteiger partial charge in [0.2, 0.25) is 5.91 Å². The van der Waals surface area contributed by atoms with Crippen molar-refractivity contribution in [3.8, 4) is 0 Å². The molecule has 0 fully saturated rings. The summed E-state index contributed by atoms with van der Waals surface area (Å²) in [5, 5.41) is 2.27. The van der Waals surface area contributed by atoms with Gasteiger partial charge in [0.1, 0.15) is 0 Å². The molecule has 0 saturated heterocycles. The van der Waals surface area contributed by atoms with Crippen molar-refractivity contribution in [2.75, 3.05) is 5.32 Å². The minimum absolute atomic E-state index is 0.0998. The topological polar surface area (TPSA) is 29.1 Å². The molecule has 0 radical (unpaired) electrons. The van der Waals surface area contributed by atoms with Crippen molar-refractivity contribution in [1.82, 2.24) is 0 Å². The standard InChI is InChI=1S/C11H10F3NO/c1-3-10(16)15-8-5-4-7(2)9(6-8)11(12,13)14/h3-6H,1H2,2H3,(H,15,16). The van der Waals surface area contributed by atoms with Crippen molar-refractivity contribution in [3.05, 3.63) is 42.0 Å². The van der Waals surface area contributed by atoms with Gasteiger partial charge in [-0.15, -0.1) is 0 Å². The van der Waals surface area contributed by atoms with E-state index in [0.717, 1.165) is 12.1 Å². The molecule has 1 N–H and O–H groups in total. The Balaban J connectivity index is 3.08. The van der Waals surface area contributed by atoms with E-state index in [9.17, 15) is 18.0 Å².